The van der Waals surface area contributed by atoms with Crippen molar-refractivity contribution in [2.75, 3.05) is 0 Å². The van der Waals surface area contributed by atoms with Crippen LogP contribution in [0.3, 0.4) is 0 Å². The van der Waals surface area contributed by atoms with E-state index in [1.165, 1.54) is 0 Å². The SMILES string of the molecule is CC(C)(C)C1CCC(C(=O)c2cc(F)c(Br)cc2F)CC1. The van der Waals surface area contributed by atoms with Gasteiger partial charge in [0.25, 0.3) is 0 Å². The summed E-state index contributed by atoms with van der Waals surface area (Å²) in [5.74, 6) is -1.09. The Hall–Kier alpha value is -0.770. The Bertz CT molecular complexity index is 540. The molecule has 0 saturated heterocycles. The van der Waals surface area contributed by atoms with Gasteiger partial charge in [0, 0.05) is 5.92 Å². The van der Waals surface area contributed by atoms with Crippen molar-refractivity contribution in [2.24, 2.45) is 17.3 Å². The van der Waals surface area contributed by atoms with Gasteiger partial charge in [0.2, 0.25) is 0 Å². The van der Waals surface area contributed by atoms with Gasteiger partial charge >= 0.3 is 0 Å². The molecule has 0 bridgehead atoms. The molecule has 1 aliphatic carbocycles. The molecule has 2 rings (SSSR count). The quantitative estimate of drug-likeness (QED) is 0.484. The minimum Gasteiger partial charge on any atom is -0.294 e. The zero-order valence-corrected chi connectivity index (χ0v) is 14.3. The fraction of sp³-hybridized carbons (Fsp3) is 0.588. The predicted molar refractivity (Wildman–Crippen MR) is 83.3 cm³/mol. The Labute approximate surface area is 133 Å². The van der Waals surface area contributed by atoms with E-state index in [9.17, 15) is 13.6 Å². The summed E-state index contributed by atoms with van der Waals surface area (Å²) in [6, 6.07) is 2.04. The maximum absolute atomic E-state index is 13.9. The molecule has 0 heterocycles. The first-order valence-corrected chi connectivity index (χ1v) is 8.18. The molecule has 0 atom stereocenters. The van der Waals surface area contributed by atoms with Gasteiger partial charge < -0.3 is 0 Å². The molecule has 0 unspecified atom stereocenters. The Morgan fingerprint density at radius 1 is 1.10 bits per heavy atom. The number of halogens is 3. The van der Waals surface area contributed by atoms with Crippen LogP contribution in [0.15, 0.2) is 16.6 Å². The van der Waals surface area contributed by atoms with Gasteiger partial charge in [-0.05, 0) is 65.1 Å². The van der Waals surface area contributed by atoms with Crippen molar-refractivity contribution in [1.82, 2.24) is 0 Å². The fourth-order valence-corrected chi connectivity index (χ4v) is 3.47. The zero-order chi connectivity index (χ0) is 15.8. The highest BCUT2D eigenvalue weighted by atomic mass is 79.9. The molecular weight excluding hydrogens is 338 g/mol. The maximum atomic E-state index is 13.9. The Balaban J connectivity index is 2.11. The van der Waals surface area contributed by atoms with Crippen LogP contribution < -0.4 is 0 Å². The Morgan fingerprint density at radius 3 is 2.19 bits per heavy atom. The lowest BCUT2D eigenvalue weighted by Gasteiger charge is -2.36. The summed E-state index contributed by atoms with van der Waals surface area (Å²) in [4.78, 5) is 12.4. The van der Waals surface area contributed by atoms with Gasteiger partial charge in [0.05, 0.1) is 10.0 Å². The summed E-state index contributed by atoms with van der Waals surface area (Å²) in [7, 11) is 0. The third-order valence-electron chi connectivity index (χ3n) is 4.60. The van der Waals surface area contributed by atoms with Crippen LogP contribution in [0.4, 0.5) is 8.78 Å². The standard InChI is InChI=1S/C17H21BrF2O/c1-17(2,3)11-6-4-10(5-7-11)16(21)12-8-15(20)13(18)9-14(12)19/h8-11H,4-7H2,1-3H3. The van der Waals surface area contributed by atoms with E-state index in [2.05, 4.69) is 36.7 Å². The lowest BCUT2D eigenvalue weighted by atomic mass is 9.69. The number of rotatable bonds is 2. The van der Waals surface area contributed by atoms with E-state index in [0.29, 0.717) is 5.92 Å². The molecule has 21 heavy (non-hydrogen) atoms. The molecular formula is C17H21BrF2O. The van der Waals surface area contributed by atoms with Gasteiger partial charge in [-0.15, -0.1) is 0 Å². The van der Waals surface area contributed by atoms with Crippen LogP contribution in [0.25, 0.3) is 0 Å². The van der Waals surface area contributed by atoms with Gasteiger partial charge in [-0.25, -0.2) is 8.78 Å². The molecule has 0 amide bonds. The molecule has 1 nitrogen and oxygen atoms in total. The Kier molecular flexibility index (Phi) is 4.86. The minimum atomic E-state index is -0.647. The Morgan fingerprint density at radius 2 is 1.67 bits per heavy atom. The highest BCUT2D eigenvalue weighted by molar-refractivity contribution is 9.10. The number of hydrogen-bond acceptors (Lipinski definition) is 1. The van der Waals surface area contributed by atoms with Crippen LogP contribution in [0.5, 0.6) is 0 Å². The first-order chi connectivity index (χ1) is 9.70. The van der Waals surface area contributed by atoms with E-state index in [4.69, 9.17) is 0 Å². The first-order valence-electron chi connectivity index (χ1n) is 7.39. The van der Waals surface area contributed by atoms with Gasteiger partial charge in [0.1, 0.15) is 11.6 Å². The van der Waals surface area contributed by atoms with E-state index >= 15 is 0 Å². The second-order valence-electron chi connectivity index (χ2n) is 7.02. The van der Waals surface area contributed by atoms with Crippen molar-refractivity contribution < 1.29 is 13.6 Å². The molecule has 0 N–H and O–H groups in total. The number of carbonyl (C=O) groups is 1. The molecule has 1 aromatic carbocycles. The smallest absolute Gasteiger partial charge is 0.168 e. The molecule has 0 aromatic heterocycles. The second kappa shape index (κ2) is 6.15. The summed E-state index contributed by atoms with van der Waals surface area (Å²) >= 11 is 2.93. The lowest BCUT2D eigenvalue weighted by molar-refractivity contribution is 0.0815. The van der Waals surface area contributed by atoms with Crippen LogP contribution in [0, 0.1) is 28.9 Å². The molecule has 4 heteroatoms. The molecule has 1 aliphatic rings. The lowest BCUT2D eigenvalue weighted by Crippen LogP contribution is -2.29. The van der Waals surface area contributed by atoms with Crippen LogP contribution >= 0.6 is 15.9 Å². The summed E-state index contributed by atoms with van der Waals surface area (Å²) in [5, 5.41) is 0. The number of ketones is 1. The van der Waals surface area contributed by atoms with Crippen LogP contribution in [-0.2, 0) is 0 Å². The number of Topliss-reactive ketones (excluding diaryl/α,β-unsaturated/α-hetero) is 1. The van der Waals surface area contributed by atoms with Crippen LogP contribution in [-0.4, -0.2) is 5.78 Å². The zero-order valence-electron chi connectivity index (χ0n) is 12.7. The van der Waals surface area contributed by atoms with Crippen molar-refractivity contribution in [1.29, 1.82) is 0 Å². The van der Waals surface area contributed by atoms with Gasteiger partial charge in [-0.1, -0.05) is 20.8 Å². The van der Waals surface area contributed by atoms with E-state index in [1.54, 1.807) is 0 Å². The number of benzene rings is 1. The first kappa shape index (κ1) is 16.6. The van der Waals surface area contributed by atoms with Crippen molar-refractivity contribution >= 4 is 21.7 Å². The third kappa shape index (κ3) is 3.71. The van der Waals surface area contributed by atoms with Gasteiger partial charge in [-0.2, -0.15) is 0 Å². The van der Waals surface area contributed by atoms with E-state index in [-0.39, 0.29) is 27.2 Å². The van der Waals surface area contributed by atoms with E-state index < -0.39 is 11.6 Å². The molecule has 1 fully saturated rings. The van der Waals surface area contributed by atoms with E-state index in [0.717, 1.165) is 37.8 Å². The molecule has 1 aromatic rings. The predicted octanol–water partition coefficient (Wildman–Crippen LogP) is 5.76. The molecule has 116 valence electrons. The summed E-state index contributed by atoms with van der Waals surface area (Å²) < 4.78 is 27.5. The second-order valence-corrected chi connectivity index (χ2v) is 7.88. The molecule has 1 saturated carbocycles. The summed E-state index contributed by atoms with van der Waals surface area (Å²) in [6.45, 7) is 6.64. The normalized spacial score (nSPS) is 23.1. The highest BCUT2D eigenvalue weighted by Crippen LogP contribution is 2.40. The highest BCUT2D eigenvalue weighted by Gasteiger charge is 2.33. The summed E-state index contributed by atoms with van der Waals surface area (Å²) in [6.07, 6.45) is 3.47. The third-order valence-corrected chi connectivity index (χ3v) is 5.21. The van der Waals surface area contributed by atoms with Crippen molar-refractivity contribution in [3.8, 4) is 0 Å². The van der Waals surface area contributed by atoms with E-state index in [1.807, 2.05) is 0 Å². The maximum Gasteiger partial charge on any atom is 0.168 e. The molecule has 0 spiro atoms. The largest absolute Gasteiger partial charge is 0.294 e. The number of hydrogen-bond donors (Lipinski definition) is 0. The van der Waals surface area contributed by atoms with Crippen molar-refractivity contribution in [3.05, 3.63) is 33.8 Å². The monoisotopic (exact) mass is 358 g/mol. The van der Waals surface area contributed by atoms with Gasteiger partial charge in [0.15, 0.2) is 5.78 Å². The summed E-state index contributed by atoms with van der Waals surface area (Å²) in [5.41, 5.74) is 0.123. The number of carbonyl (C=O) groups excluding carboxylic acids is 1. The fourth-order valence-electron chi connectivity index (χ4n) is 3.15. The van der Waals surface area contributed by atoms with Crippen LogP contribution in [0.1, 0.15) is 56.8 Å². The minimum absolute atomic E-state index is 0.0491. The molecule has 0 aliphatic heterocycles. The van der Waals surface area contributed by atoms with Crippen molar-refractivity contribution in [2.45, 2.75) is 46.5 Å². The van der Waals surface area contributed by atoms with Crippen molar-refractivity contribution in [3.63, 3.8) is 0 Å². The van der Waals surface area contributed by atoms with Gasteiger partial charge in [-0.3, -0.25) is 4.79 Å². The van der Waals surface area contributed by atoms with Crippen LogP contribution in [0.2, 0.25) is 0 Å². The topological polar surface area (TPSA) is 17.1 Å². The average Bonchev–Trinajstić information content (AvgIpc) is 2.41. The molecule has 0 radical (unpaired) electrons. The average molecular weight is 359 g/mol.